The van der Waals surface area contributed by atoms with Crippen LogP contribution in [0.15, 0.2) is 57.4 Å². The van der Waals surface area contributed by atoms with Gasteiger partial charge in [0.1, 0.15) is 11.2 Å². The molecular weight excluding hydrogens is 445 g/mol. The van der Waals surface area contributed by atoms with E-state index < -0.39 is 23.0 Å². The highest BCUT2D eigenvalue weighted by Gasteiger charge is 2.17. The maximum atomic E-state index is 13.9. The molecule has 2 heterocycles. The summed E-state index contributed by atoms with van der Waals surface area (Å²) in [6.45, 7) is 3.73. The van der Waals surface area contributed by atoms with Crippen LogP contribution in [0.5, 0.6) is 5.75 Å². The summed E-state index contributed by atoms with van der Waals surface area (Å²) in [6.07, 6.45) is 0. The number of anilines is 1. The van der Waals surface area contributed by atoms with Crippen molar-refractivity contribution >= 4 is 33.1 Å². The maximum Gasteiger partial charge on any atom is 0.332 e. The van der Waals surface area contributed by atoms with Crippen molar-refractivity contribution < 1.29 is 13.9 Å². The van der Waals surface area contributed by atoms with Gasteiger partial charge in [-0.25, -0.2) is 9.18 Å². The van der Waals surface area contributed by atoms with Gasteiger partial charge in [0.15, 0.2) is 11.6 Å². The van der Waals surface area contributed by atoms with Crippen molar-refractivity contribution in [2.75, 3.05) is 12.4 Å². The molecule has 0 aliphatic rings. The average molecular weight is 468 g/mol. The molecule has 0 saturated carbocycles. The van der Waals surface area contributed by atoms with E-state index >= 15 is 0 Å². The third-order valence-electron chi connectivity index (χ3n) is 5.49. The van der Waals surface area contributed by atoms with Crippen molar-refractivity contribution in [3.63, 3.8) is 0 Å². The zero-order valence-electron chi connectivity index (χ0n) is 18.3. The number of rotatable bonds is 6. The SMILES string of the molecule is COc1ccc(NC(=O)Cn2c(=O)n(Cc3ccc(C)c(C)c3)c(=O)c3sccc32)cc1F. The van der Waals surface area contributed by atoms with E-state index in [2.05, 4.69) is 5.32 Å². The molecule has 0 fully saturated rings. The lowest BCUT2D eigenvalue weighted by molar-refractivity contribution is -0.116. The maximum absolute atomic E-state index is 13.9. The van der Waals surface area contributed by atoms with Crippen LogP contribution in [-0.4, -0.2) is 22.2 Å². The summed E-state index contributed by atoms with van der Waals surface area (Å²) in [4.78, 5) is 39.0. The van der Waals surface area contributed by atoms with Crippen LogP contribution in [0.4, 0.5) is 10.1 Å². The van der Waals surface area contributed by atoms with Gasteiger partial charge >= 0.3 is 5.69 Å². The number of nitrogens with one attached hydrogen (secondary N) is 1. The zero-order valence-corrected chi connectivity index (χ0v) is 19.2. The van der Waals surface area contributed by atoms with E-state index in [4.69, 9.17) is 4.74 Å². The van der Waals surface area contributed by atoms with Crippen LogP contribution in [-0.2, 0) is 17.9 Å². The summed E-state index contributed by atoms with van der Waals surface area (Å²) in [5.41, 5.74) is 2.64. The zero-order chi connectivity index (χ0) is 23.7. The van der Waals surface area contributed by atoms with E-state index in [0.29, 0.717) is 10.2 Å². The monoisotopic (exact) mass is 467 g/mol. The summed E-state index contributed by atoms with van der Waals surface area (Å²) in [6, 6.07) is 11.4. The molecule has 0 saturated heterocycles. The van der Waals surface area contributed by atoms with Gasteiger partial charge in [-0.2, -0.15) is 0 Å². The lowest BCUT2D eigenvalue weighted by atomic mass is 10.1. The van der Waals surface area contributed by atoms with Gasteiger partial charge in [-0.15, -0.1) is 11.3 Å². The molecule has 0 unspecified atom stereocenters. The molecular formula is C24H22FN3O4S. The summed E-state index contributed by atoms with van der Waals surface area (Å²) >= 11 is 1.22. The first-order valence-corrected chi connectivity index (χ1v) is 11.1. The van der Waals surface area contributed by atoms with E-state index in [1.807, 2.05) is 32.0 Å². The fourth-order valence-corrected chi connectivity index (χ4v) is 4.44. The number of carbonyl (C=O) groups excluding carboxylic acids is 1. The number of halogens is 1. The highest BCUT2D eigenvalue weighted by Crippen LogP contribution is 2.21. The first-order valence-electron chi connectivity index (χ1n) is 10.2. The first-order chi connectivity index (χ1) is 15.8. The molecule has 1 N–H and O–H groups in total. The second kappa shape index (κ2) is 9.03. The number of aryl methyl sites for hydroxylation is 2. The number of aromatic nitrogens is 2. The molecule has 170 valence electrons. The van der Waals surface area contributed by atoms with Gasteiger partial charge in [-0.05, 0) is 54.1 Å². The number of hydrogen-bond donors (Lipinski definition) is 1. The average Bonchev–Trinajstić information content (AvgIpc) is 3.27. The van der Waals surface area contributed by atoms with E-state index in [1.54, 1.807) is 11.4 Å². The first kappa shape index (κ1) is 22.5. The van der Waals surface area contributed by atoms with Crippen molar-refractivity contribution in [1.82, 2.24) is 9.13 Å². The number of ether oxygens (including phenoxy) is 1. The van der Waals surface area contributed by atoms with Crippen LogP contribution >= 0.6 is 11.3 Å². The fourth-order valence-electron chi connectivity index (χ4n) is 3.60. The molecule has 33 heavy (non-hydrogen) atoms. The molecule has 7 nitrogen and oxygen atoms in total. The molecule has 0 spiro atoms. The number of hydrogen-bond acceptors (Lipinski definition) is 5. The number of benzene rings is 2. The van der Waals surface area contributed by atoms with Gasteiger partial charge in [0.05, 0.1) is 19.2 Å². The summed E-state index contributed by atoms with van der Waals surface area (Å²) in [5.74, 6) is -1.08. The third kappa shape index (κ3) is 4.45. The Morgan fingerprint density at radius 3 is 2.55 bits per heavy atom. The predicted octanol–water partition coefficient (Wildman–Crippen LogP) is 3.68. The van der Waals surface area contributed by atoms with Gasteiger partial charge in [-0.1, -0.05) is 18.2 Å². The smallest absolute Gasteiger partial charge is 0.332 e. The van der Waals surface area contributed by atoms with Crippen LogP contribution in [0.2, 0.25) is 0 Å². The van der Waals surface area contributed by atoms with Crippen molar-refractivity contribution in [3.05, 3.63) is 91.2 Å². The number of carbonyl (C=O) groups is 1. The molecule has 4 aromatic rings. The van der Waals surface area contributed by atoms with Gasteiger partial charge in [0.25, 0.3) is 5.56 Å². The molecule has 0 bridgehead atoms. The summed E-state index contributed by atoms with van der Waals surface area (Å²) in [7, 11) is 1.35. The molecule has 1 amide bonds. The second-order valence-electron chi connectivity index (χ2n) is 7.71. The fraction of sp³-hybridized carbons (Fsp3) is 0.208. The van der Waals surface area contributed by atoms with Gasteiger partial charge in [0, 0.05) is 11.8 Å². The lowest BCUT2D eigenvalue weighted by Crippen LogP contribution is -2.41. The van der Waals surface area contributed by atoms with Crippen LogP contribution in [0.25, 0.3) is 10.2 Å². The van der Waals surface area contributed by atoms with Gasteiger partial charge in [0.2, 0.25) is 5.91 Å². The van der Waals surface area contributed by atoms with Crippen molar-refractivity contribution in [1.29, 1.82) is 0 Å². The summed E-state index contributed by atoms with van der Waals surface area (Å²) < 4.78 is 21.6. The normalized spacial score (nSPS) is 11.0. The Bertz CT molecular complexity index is 1490. The van der Waals surface area contributed by atoms with Crippen LogP contribution in [0.3, 0.4) is 0 Å². The minimum Gasteiger partial charge on any atom is -0.494 e. The van der Waals surface area contributed by atoms with Gasteiger partial charge in [-0.3, -0.25) is 18.7 Å². The molecule has 4 rings (SSSR count). The Morgan fingerprint density at radius 2 is 1.85 bits per heavy atom. The van der Waals surface area contributed by atoms with Gasteiger partial charge < -0.3 is 10.1 Å². The standard InChI is InChI=1S/C24H22FN3O4S/c1-14-4-5-16(10-15(14)2)12-28-23(30)22-19(8-9-33-22)27(24(28)31)13-21(29)26-17-6-7-20(32-3)18(25)11-17/h4-11H,12-13H2,1-3H3,(H,26,29). The topological polar surface area (TPSA) is 82.3 Å². The Kier molecular flexibility index (Phi) is 6.15. The molecule has 2 aromatic heterocycles. The van der Waals surface area contributed by atoms with Crippen molar-refractivity contribution in [2.45, 2.75) is 26.9 Å². The molecule has 0 aliphatic heterocycles. The molecule has 9 heteroatoms. The molecule has 2 aromatic carbocycles. The number of methoxy groups -OCH3 is 1. The molecule has 0 atom stereocenters. The Hall–Kier alpha value is -3.72. The highest BCUT2D eigenvalue weighted by atomic mass is 32.1. The van der Waals surface area contributed by atoms with E-state index in [0.717, 1.165) is 27.3 Å². The molecule has 0 aliphatic carbocycles. The van der Waals surface area contributed by atoms with E-state index in [9.17, 15) is 18.8 Å². The molecule has 0 radical (unpaired) electrons. The lowest BCUT2D eigenvalue weighted by Gasteiger charge is -2.13. The number of nitrogens with zero attached hydrogens (tertiary/aromatic N) is 2. The summed E-state index contributed by atoms with van der Waals surface area (Å²) in [5, 5.41) is 4.29. The third-order valence-corrected chi connectivity index (χ3v) is 6.38. The largest absolute Gasteiger partial charge is 0.494 e. The Morgan fingerprint density at radius 1 is 1.06 bits per heavy atom. The van der Waals surface area contributed by atoms with Crippen LogP contribution < -0.4 is 21.3 Å². The minimum absolute atomic E-state index is 0.0580. The quantitative estimate of drug-likeness (QED) is 0.469. The highest BCUT2D eigenvalue weighted by molar-refractivity contribution is 7.17. The van der Waals surface area contributed by atoms with Crippen molar-refractivity contribution in [2.24, 2.45) is 0 Å². The second-order valence-corrected chi connectivity index (χ2v) is 8.63. The number of amides is 1. The van der Waals surface area contributed by atoms with Crippen molar-refractivity contribution in [3.8, 4) is 5.75 Å². The predicted molar refractivity (Wildman–Crippen MR) is 127 cm³/mol. The number of fused-ring (bicyclic) bond motifs is 1. The van der Waals surface area contributed by atoms with Crippen LogP contribution in [0, 0.1) is 19.7 Å². The van der Waals surface area contributed by atoms with E-state index in [-0.39, 0.29) is 24.5 Å². The number of thiophene rings is 1. The minimum atomic E-state index is -0.616. The van der Waals surface area contributed by atoms with Crippen LogP contribution in [0.1, 0.15) is 16.7 Å². The Balaban J connectivity index is 1.68. The Labute approximate surface area is 192 Å². The van der Waals surface area contributed by atoms with E-state index in [1.165, 1.54) is 35.1 Å².